The monoisotopic (exact) mass is 241 g/mol. The number of carbonyl (C=O) groups excluding carboxylic acids is 1. The van der Waals surface area contributed by atoms with Crippen molar-refractivity contribution in [1.82, 2.24) is 4.98 Å². The van der Waals surface area contributed by atoms with Crippen molar-refractivity contribution in [2.24, 2.45) is 0 Å². The first-order valence-electron chi connectivity index (χ1n) is 5.93. The minimum atomic E-state index is 0.0747. The molecule has 1 heterocycles. The fraction of sp³-hybridized carbons (Fsp3) is 0.200. The molecule has 0 bridgehead atoms. The van der Waals surface area contributed by atoms with Crippen LogP contribution in [0.25, 0.3) is 0 Å². The molecule has 0 aliphatic heterocycles. The molecule has 0 spiro atoms. The number of benzene rings is 1. The highest BCUT2D eigenvalue weighted by Crippen LogP contribution is 2.25. The maximum Gasteiger partial charge on any atom is 0.166 e. The first kappa shape index (κ1) is 12.3. The van der Waals surface area contributed by atoms with Crippen LogP contribution in [0.2, 0.25) is 0 Å². The Hall–Kier alpha value is -2.16. The number of rotatable bonds is 4. The fourth-order valence-electron chi connectivity index (χ4n) is 1.62. The summed E-state index contributed by atoms with van der Waals surface area (Å²) in [7, 11) is 0. The van der Waals surface area contributed by atoms with E-state index in [2.05, 4.69) is 4.98 Å². The van der Waals surface area contributed by atoms with Crippen LogP contribution < -0.4 is 4.74 Å². The first-order valence-corrected chi connectivity index (χ1v) is 5.93. The number of Topliss-reactive ketones (excluding diaryl/α,β-unsaturated/α-hetero) is 1. The zero-order chi connectivity index (χ0) is 13.0. The zero-order valence-electron chi connectivity index (χ0n) is 10.5. The first-order chi connectivity index (χ1) is 8.70. The van der Waals surface area contributed by atoms with E-state index in [-0.39, 0.29) is 5.78 Å². The van der Waals surface area contributed by atoms with Crippen molar-refractivity contribution in [3.63, 3.8) is 0 Å². The van der Waals surface area contributed by atoms with E-state index >= 15 is 0 Å². The number of nitrogens with zero attached hydrogens (tertiary/aromatic N) is 1. The van der Waals surface area contributed by atoms with Crippen LogP contribution >= 0.6 is 0 Å². The third kappa shape index (κ3) is 2.74. The number of para-hydroxylation sites is 1. The molecule has 2 rings (SSSR count). The second-order valence-electron chi connectivity index (χ2n) is 4.01. The lowest BCUT2D eigenvalue weighted by molar-refractivity contribution is 0.0986. The van der Waals surface area contributed by atoms with Crippen LogP contribution in [0, 0.1) is 6.92 Å². The largest absolute Gasteiger partial charge is 0.455 e. The molecule has 0 saturated carbocycles. The highest BCUT2D eigenvalue weighted by Gasteiger charge is 2.10. The van der Waals surface area contributed by atoms with Gasteiger partial charge in [0.05, 0.1) is 11.8 Å². The number of hydrogen-bond acceptors (Lipinski definition) is 3. The maximum atomic E-state index is 11.8. The molecule has 1 aromatic heterocycles. The molecule has 0 radical (unpaired) electrons. The van der Waals surface area contributed by atoms with E-state index in [0.29, 0.717) is 23.5 Å². The van der Waals surface area contributed by atoms with Crippen molar-refractivity contribution in [3.05, 3.63) is 53.9 Å². The summed E-state index contributed by atoms with van der Waals surface area (Å²) in [5, 5.41) is 0. The van der Waals surface area contributed by atoms with Crippen molar-refractivity contribution < 1.29 is 9.53 Å². The Balaban J connectivity index is 2.28. The van der Waals surface area contributed by atoms with Gasteiger partial charge in [-0.25, -0.2) is 0 Å². The lowest BCUT2D eigenvalue weighted by atomic mass is 10.1. The highest BCUT2D eigenvalue weighted by atomic mass is 16.5. The molecule has 0 N–H and O–H groups in total. The summed E-state index contributed by atoms with van der Waals surface area (Å²) in [4.78, 5) is 15.9. The van der Waals surface area contributed by atoms with Crippen LogP contribution in [0.1, 0.15) is 29.4 Å². The SMILES string of the molecule is CCC(=O)c1ccccc1Oc1ccc(C)nc1. The normalized spacial score (nSPS) is 10.1. The van der Waals surface area contributed by atoms with Crippen LogP contribution in [-0.2, 0) is 0 Å². The second kappa shape index (κ2) is 5.45. The molecule has 0 aliphatic carbocycles. The standard InChI is InChI=1S/C15H15NO2/c1-3-14(17)13-6-4-5-7-15(13)18-12-9-8-11(2)16-10-12/h4-10H,3H2,1-2H3. The number of ether oxygens (including phenoxy) is 1. The van der Waals surface area contributed by atoms with Gasteiger partial charge in [-0.05, 0) is 31.2 Å². The molecular weight excluding hydrogens is 226 g/mol. The Bertz CT molecular complexity index is 547. The molecule has 3 nitrogen and oxygen atoms in total. The van der Waals surface area contributed by atoms with Gasteiger partial charge in [-0.15, -0.1) is 0 Å². The van der Waals surface area contributed by atoms with Crippen molar-refractivity contribution in [2.45, 2.75) is 20.3 Å². The molecular formula is C15H15NO2. The summed E-state index contributed by atoms with van der Waals surface area (Å²) >= 11 is 0. The quantitative estimate of drug-likeness (QED) is 0.765. The van der Waals surface area contributed by atoms with Crippen LogP contribution in [0.3, 0.4) is 0 Å². The third-order valence-corrected chi connectivity index (χ3v) is 2.62. The van der Waals surface area contributed by atoms with E-state index in [4.69, 9.17) is 4.74 Å². The summed E-state index contributed by atoms with van der Waals surface area (Å²) < 4.78 is 5.70. The fourth-order valence-corrected chi connectivity index (χ4v) is 1.62. The zero-order valence-corrected chi connectivity index (χ0v) is 10.5. The van der Waals surface area contributed by atoms with Gasteiger partial charge in [-0.3, -0.25) is 9.78 Å². The van der Waals surface area contributed by atoms with E-state index in [1.807, 2.05) is 38.1 Å². The minimum absolute atomic E-state index is 0.0747. The minimum Gasteiger partial charge on any atom is -0.455 e. The molecule has 0 atom stereocenters. The van der Waals surface area contributed by atoms with Gasteiger partial charge >= 0.3 is 0 Å². The molecule has 18 heavy (non-hydrogen) atoms. The van der Waals surface area contributed by atoms with Gasteiger partial charge in [-0.1, -0.05) is 19.1 Å². The summed E-state index contributed by atoms with van der Waals surface area (Å²) in [6, 6.07) is 11.0. The number of ketones is 1. The maximum absolute atomic E-state index is 11.8. The van der Waals surface area contributed by atoms with Crippen LogP contribution in [0.15, 0.2) is 42.6 Å². The predicted molar refractivity (Wildman–Crippen MR) is 70.1 cm³/mol. The van der Waals surface area contributed by atoms with E-state index in [9.17, 15) is 4.79 Å². The predicted octanol–water partition coefficient (Wildman–Crippen LogP) is 3.78. The smallest absolute Gasteiger partial charge is 0.166 e. The van der Waals surface area contributed by atoms with Gasteiger partial charge in [0.15, 0.2) is 5.78 Å². The molecule has 0 fully saturated rings. The van der Waals surface area contributed by atoms with Gasteiger partial charge in [0.1, 0.15) is 11.5 Å². The average Bonchev–Trinajstić information content (AvgIpc) is 2.41. The Morgan fingerprint density at radius 2 is 2.00 bits per heavy atom. The Kier molecular flexibility index (Phi) is 3.72. The molecule has 92 valence electrons. The Labute approximate surface area is 106 Å². The Morgan fingerprint density at radius 1 is 1.22 bits per heavy atom. The summed E-state index contributed by atoms with van der Waals surface area (Å²) in [5.74, 6) is 1.29. The molecule has 2 aromatic rings. The average molecular weight is 241 g/mol. The van der Waals surface area contributed by atoms with Crippen molar-refractivity contribution >= 4 is 5.78 Å². The lowest BCUT2D eigenvalue weighted by Crippen LogP contribution is -1.99. The molecule has 1 aromatic carbocycles. The molecule has 0 aliphatic rings. The molecule has 3 heteroatoms. The van der Waals surface area contributed by atoms with Crippen molar-refractivity contribution in [2.75, 3.05) is 0 Å². The number of carbonyl (C=O) groups is 1. The molecule has 0 unspecified atom stereocenters. The Morgan fingerprint density at radius 3 is 2.67 bits per heavy atom. The van der Waals surface area contributed by atoms with Gasteiger partial charge in [-0.2, -0.15) is 0 Å². The van der Waals surface area contributed by atoms with Gasteiger partial charge in [0, 0.05) is 12.1 Å². The number of hydrogen-bond donors (Lipinski definition) is 0. The second-order valence-corrected chi connectivity index (χ2v) is 4.01. The van der Waals surface area contributed by atoms with Crippen LogP contribution in [0.5, 0.6) is 11.5 Å². The van der Waals surface area contributed by atoms with Gasteiger partial charge < -0.3 is 4.74 Å². The van der Waals surface area contributed by atoms with Gasteiger partial charge in [0.2, 0.25) is 0 Å². The topological polar surface area (TPSA) is 39.2 Å². The van der Waals surface area contributed by atoms with Gasteiger partial charge in [0.25, 0.3) is 0 Å². The summed E-state index contributed by atoms with van der Waals surface area (Å²) in [6.45, 7) is 3.75. The molecule has 0 amide bonds. The number of pyridine rings is 1. The van der Waals surface area contributed by atoms with Crippen molar-refractivity contribution in [3.8, 4) is 11.5 Å². The van der Waals surface area contributed by atoms with Crippen LogP contribution in [0.4, 0.5) is 0 Å². The van der Waals surface area contributed by atoms with E-state index in [1.165, 1.54) is 0 Å². The highest BCUT2D eigenvalue weighted by molar-refractivity contribution is 5.98. The molecule has 0 saturated heterocycles. The van der Waals surface area contributed by atoms with Crippen molar-refractivity contribution in [1.29, 1.82) is 0 Å². The third-order valence-electron chi connectivity index (χ3n) is 2.62. The van der Waals surface area contributed by atoms with E-state index in [0.717, 1.165) is 5.69 Å². The van der Waals surface area contributed by atoms with Crippen LogP contribution in [-0.4, -0.2) is 10.8 Å². The summed E-state index contributed by atoms with van der Waals surface area (Å²) in [5.41, 5.74) is 1.54. The summed E-state index contributed by atoms with van der Waals surface area (Å²) in [6.07, 6.45) is 2.12. The van der Waals surface area contributed by atoms with E-state index in [1.54, 1.807) is 18.3 Å². The number of aryl methyl sites for hydroxylation is 1. The van der Waals surface area contributed by atoms with E-state index < -0.39 is 0 Å². The lowest BCUT2D eigenvalue weighted by Gasteiger charge is -2.09. The number of aromatic nitrogens is 1.